The third kappa shape index (κ3) is 16.7. The topological polar surface area (TPSA) is 267 Å². The van der Waals surface area contributed by atoms with Gasteiger partial charge in [0, 0.05) is 18.6 Å². The van der Waals surface area contributed by atoms with E-state index in [1.807, 2.05) is 5.43 Å². The smallest absolute Gasteiger partial charge is 0.408 e. The Balaban J connectivity index is 3.13. The van der Waals surface area contributed by atoms with E-state index in [4.69, 9.17) is 4.74 Å². The molecule has 4 unspecified atom stereocenters. The van der Waals surface area contributed by atoms with Crippen LogP contribution in [0.25, 0.3) is 0 Å². The molecule has 0 saturated heterocycles. The summed E-state index contributed by atoms with van der Waals surface area (Å²) in [6.45, 7) is 4.94. The Morgan fingerprint density at radius 1 is 0.816 bits per heavy atom. The number of ether oxygens (including phenoxy) is 2. The largest absolute Gasteiger partial charge is 0.481 e. The first kappa shape index (κ1) is 41.5. The first-order valence-corrected chi connectivity index (χ1v) is 15.2. The van der Waals surface area contributed by atoms with Gasteiger partial charge in [-0.15, -0.1) is 0 Å². The fourth-order valence-electron chi connectivity index (χ4n) is 4.01. The molecule has 0 aliphatic carbocycles. The van der Waals surface area contributed by atoms with Gasteiger partial charge in [0.05, 0.1) is 12.7 Å². The molecule has 0 fully saturated rings. The number of hydrazine groups is 1. The minimum Gasteiger partial charge on any atom is -0.481 e. The van der Waals surface area contributed by atoms with E-state index in [0.717, 1.165) is 6.92 Å². The molecule has 0 spiro atoms. The average Bonchev–Trinajstić information content (AvgIpc) is 3.02. The monoisotopic (exact) mass is 693 g/mol. The lowest BCUT2D eigenvalue weighted by Gasteiger charge is -2.28. The molecule has 270 valence electrons. The van der Waals surface area contributed by atoms with E-state index in [9.17, 15) is 53.7 Å². The fourth-order valence-corrected chi connectivity index (χ4v) is 4.01. The lowest BCUT2D eigenvalue weighted by Crippen LogP contribution is -2.61. The highest BCUT2D eigenvalue weighted by Crippen LogP contribution is 2.09. The molecular formula is C31H43N5O13. The second-order valence-corrected chi connectivity index (χ2v) is 11.0. The standard InChI is InChI=1S/C31H43N5O13/c1-5-48-26(43)14-12-23(38)36(16-25(41)42)35-30(46)27(19(4)37)34-28(44)21(11-13-24(39)40)32-29(45)22(15-18(2)3)33-31(47)49-17-20-9-7-6-8-10-20/h6-10,12,14,18-19,21-22,27,37H,5,11,13,15-17H2,1-4H3,(H,32,45)(H,33,47)(H,34,44)(H,35,46)(H,39,40)(H,41,42)/b14-12+. The lowest BCUT2D eigenvalue weighted by molar-refractivity contribution is -0.149. The van der Waals surface area contributed by atoms with Crippen molar-refractivity contribution in [3.63, 3.8) is 0 Å². The average molecular weight is 694 g/mol. The van der Waals surface area contributed by atoms with Crippen LogP contribution in [0.5, 0.6) is 0 Å². The maximum Gasteiger partial charge on any atom is 0.408 e. The summed E-state index contributed by atoms with van der Waals surface area (Å²) in [5.74, 6) is -8.38. The molecule has 49 heavy (non-hydrogen) atoms. The van der Waals surface area contributed by atoms with E-state index in [0.29, 0.717) is 22.7 Å². The zero-order valence-corrected chi connectivity index (χ0v) is 27.5. The SMILES string of the molecule is CCOC(=O)/C=C/C(=O)N(CC(=O)O)NC(=O)C(NC(=O)C(CCC(=O)O)NC(=O)C(CC(C)C)NC(=O)OCc1ccccc1)C(C)O. The molecule has 0 heterocycles. The van der Waals surface area contributed by atoms with Crippen molar-refractivity contribution in [3.8, 4) is 0 Å². The van der Waals surface area contributed by atoms with Crippen LogP contribution in [0.1, 0.15) is 52.5 Å². The van der Waals surface area contributed by atoms with Crippen molar-refractivity contribution in [1.82, 2.24) is 26.4 Å². The molecule has 1 rings (SSSR count). The van der Waals surface area contributed by atoms with Crippen molar-refractivity contribution < 1.29 is 63.1 Å². The predicted molar refractivity (Wildman–Crippen MR) is 169 cm³/mol. The van der Waals surface area contributed by atoms with Crippen molar-refractivity contribution in [2.24, 2.45) is 5.92 Å². The van der Waals surface area contributed by atoms with Gasteiger partial charge in [0.2, 0.25) is 11.8 Å². The first-order valence-electron chi connectivity index (χ1n) is 15.2. The molecule has 18 heteroatoms. The van der Waals surface area contributed by atoms with E-state index < -0.39 is 91.2 Å². The summed E-state index contributed by atoms with van der Waals surface area (Å²) in [4.78, 5) is 98.9. The van der Waals surface area contributed by atoms with E-state index in [-0.39, 0.29) is 25.6 Å². The first-order chi connectivity index (χ1) is 23.0. The number of alkyl carbamates (subject to hydrolysis) is 1. The predicted octanol–water partition coefficient (Wildman–Crippen LogP) is -0.394. The quantitative estimate of drug-likeness (QED) is 0.0553. The summed E-state index contributed by atoms with van der Waals surface area (Å²) in [6.07, 6.45) is -2.26. The highest BCUT2D eigenvalue weighted by atomic mass is 16.5. The molecular weight excluding hydrogens is 650 g/mol. The third-order valence-electron chi connectivity index (χ3n) is 6.32. The number of aliphatic hydroxyl groups is 1. The fraction of sp³-hybridized carbons (Fsp3) is 0.484. The third-order valence-corrected chi connectivity index (χ3v) is 6.32. The van der Waals surface area contributed by atoms with E-state index in [2.05, 4.69) is 20.7 Å². The van der Waals surface area contributed by atoms with Gasteiger partial charge in [-0.2, -0.15) is 0 Å². The normalized spacial score (nSPS) is 13.3. The number of hydrogen-bond donors (Lipinski definition) is 7. The van der Waals surface area contributed by atoms with Gasteiger partial charge in [0.1, 0.15) is 31.3 Å². The Morgan fingerprint density at radius 2 is 1.45 bits per heavy atom. The van der Waals surface area contributed by atoms with Gasteiger partial charge in [-0.25, -0.2) is 14.6 Å². The van der Waals surface area contributed by atoms with Gasteiger partial charge in [-0.1, -0.05) is 44.2 Å². The molecule has 7 N–H and O–H groups in total. The summed E-state index contributed by atoms with van der Waals surface area (Å²) in [6, 6.07) is 4.05. The summed E-state index contributed by atoms with van der Waals surface area (Å²) in [7, 11) is 0. The molecule has 0 saturated carbocycles. The number of carbonyl (C=O) groups excluding carboxylic acids is 6. The number of amides is 5. The minimum atomic E-state index is -1.85. The lowest BCUT2D eigenvalue weighted by atomic mass is 10.0. The van der Waals surface area contributed by atoms with Crippen molar-refractivity contribution in [3.05, 3.63) is 48.0 Å². The maximum atomic E-state index is 13.3. The van der Waals surface area contributed by atoms with Crippen LogP contribution >= 0.6 is 0 Å². The van der Waals surface area contributed by atoms with Crippen molar-refractivity contribution >= 4 is 47.6 Å². The van der Waals surface area contributed by atoms with Crippen molar-refractivity contribution in [2.45, 2.75) is 77.8 Å². The molecule has 0 bridgehead atoms. The Hall–Kier alpha value is -5.52. The van der Waals surface area contributed by atoms with Gasteiger partial charge >= 0.3 is 24.0 Å². The minimum absolute atomic E-state index is 0.00713. The summed E-state index contributed by atoms with van der Waals surface area (Å²) < 4.78 is 9.82. The summed E-state index contributed by atoms with van der Waals surface area (Å²) >= 11 is 0. The number of nitrogens with zero attached hydrogens (tertiary/aromatic N) is 1. The summed E-state index contributed by atoms with van der Waals surface area (Å²) in [5.41, 5.74) is 2.64. The van der Waals surface area contributed by atoms with E-state index in [1.54, 1.807) is 44.2 Å². The highest BCUT2D eigenvalue weighted by molar-refractivity contribution is 5.98. The van der Waals surface area contributed by atoms with Gasteiger partial charge in [-0.3, -0.25) is 34.2 Å². The number of rotatable bonds is 19. The molecule has 18 nitrogen and oxygen atoms in total. The van der Waals surface area contributed by atoms with Crippen molar-refractivity contribution in [1.29, 1.82) is 0 Å². The molecule has 0 aliphatic heterocycles. The van der Waals surface area contributed by atoms with Gasteiger partial charge in [-0.05, 0) is 38.2 Å². The highest BCUT2D eigenvalue weighted by Gasteiger charge is 2.33. The van der Waals surface area contributed by atoms with Crippen LogP contribution in [0.15, 0.2) is 42.5 Å². The Morgan fingerprint density at radius 3 is 2.00 bits per heavy atom. The number of carboxylic acids is 2. The van der Waals surface area contributed by atoms with Crippen LogP contribution in [-0.4, -0.2) is 105 Å². The molecule has 1 aromatic rings. The molecule has 0 radical (unpaired) electrons. The molecule has 0 aromatic heterocycles. The number of esters is 1. The Bertz CT molecular complexity index is 1350. The van der Waals surface area contributed by atoms with Gasteiger partial charge in [0.25, 0.3) is 11.8 Å². The number of aliphatic hydroxyl groups excluding tert-OH is 1. The zero-order valence-electron chi connectivity index (χ0n) is 27.5. The van der Waals surface area contributed by atoms with Crippen LogP contribution in [0, 0.1) is 5.92 Å². The number of carboxylic acid groups (broad SMARTS) is 2. The number of carbonyl (C=O) groups is 8. The maximum absolute atomic E-state index is 13.3. The molecule has 5 amide bonds. The number of hydrogen-bond acceptors (Lipinski definition) is 11. The molecule has 0 aliphatic rings. The summed E-state index contributed by atoms with van der Waals surface area (Å²) in [5, 5.41) is 36.0. The van der Waals surface area contributed by atoms with Gasteiger partial charge in [0.15, 0.2) is 0 Å². The van der Waals surface area contributed by atoms with Gasteiger partial charge < -0.3 is 40.7 Å². The number of benzene rings is 1. The van der Waals surface area contributed by atoms with Crippen LogP contribution in [0.3, 0.4) is 0 Å². The van der Waals surface area contributed by atoms with Crippen LogP contribution < -0.4 is 21.4 Å². The number of aliphatic carboxylic acids is 2. The van der Waals surface area contributed by atoms with Crippen LogP contribution in [0.4, 0.5) is 4.79 Å². The molecule has 1 aromatic carbocycles. The second kappa shape index (κ2) is 21.4. The second-order valence-electron chi connectivity index (χ2n) is 11.0. The van der Waals surface area contributed by atoms with E-state index in [1.165, 1.54) is 6.92 Å². The molecule has 4 atom stereocenters. The van der Waals surface area contributed by atoms with E-state index >= 15 is 0 Å². The zero-order chi connectivity index (χ0) is 37.1. The van der Waals surface area contributed by atoms with Crippen molar-refractivity contribution in [2.75, 3.05) is 13.2 Å². The van der Waals surface area contributed by atoms with Crippen LogP contribution in [0.2, 0.25) is 0 Å². The Kier molecular flexibility index (Phi) is 18.1. The number of nitrogens with one attached hydrogen (secondary N) is 4. The Labute approximate surface area is 282 Å². The van der Waals surface area contributed by atoms with Crippen LogP contribution in [-0.2, 0) is 49.6 Å².